The quantitative estimate of drug-likeness (QED) is 0.844. The van der Waals surface area contributed by atoms with Crippen LogP contribution in [0.15, 0.2) is 24.5 Å². The van der Waals surface area contributed by atoms with E-state index in [-0.39, 0.29) is 11.1 Å². The molecule has 0 aliphatic carbocycles. The second kappa shape index (κ2) is 7.58. The maximum absolute atomic E-state index is 12.4. The van der Waals surface area contributed by atoms with Gasteiger partial charge in [-0.2, -0.15) is 0 Å². The molecule has 0 aliphatic rings. The first kappa shape index (κ1) is 17.5. The molecular formula is C17H18ClN3OS. The molecule has 0 bridgehead atoms. The Kier molecular flexibility index (Phi) is 5.75. The smallest absolute Gasteiger partial charge is 0.265 e. The van der Waals surface area contributed by atoms with E-state index in [0.29, 0.717) is 9.88 Å². The van der Waals surface area contributed by atoms with Crippen molar-refractivity contribution in [2.24, 2.45) is 0 Å². The Hall–Kier alpha value is -1.90. The van der Waals surface area contributed by atoms with E-state index in [1.54, 1.807) is 12.4 Å². The van der Waals surface area contributed by atoms with Crippen LogP contribution in [0, 0.1) is 11.8 Å². The number of pyridine rings is 1. The minimum atomic E-state index is -0.617. The van der Waals surface area contributed by atoms with E-state index in [1.165, 1.54) is 11.3 Å². The monoisotopic (exact) mass is 347 g/mol. The number of hydrogen-bond donors (Lipinski definition) is 1. The van der Waals surface area contributed by atoms with Gasteiger partial charge in [-0.15, -0.1) is 17.3 Å². The van der Waals surface area contributed by atoms with Crippen LogP contribution < -0.4 is 5.32 Å². The number of amides is 1. The van der Waals surface area contributed by atoms with Crippen LogP contribution in [0.1, 0.15) is 43.3 Å². The molecule has 0 saturated heterocycles. The summed E-state index contributed by atoms with van der Waals surface area (Å²) >= 11 is 7.37. The van der Waals surface area contributed by atoms with Crippen molar-refractivity contribution in [2.75, 3.05) is 0 Å². The molecular weight excluding hydrogens is 330 g/mol. The zero-order valence-corrected chi connectivity index (χ0v) is 14.9. The van der Waals surface area contributed by atoms with Crippen molar-refractivity contribution in [3.63, 3.8) is 0 Å². The van der Waals surface area contributed by atoms with Gasteiger partial charge in [0.15, 0.2) is 5.15 Å². The van der Waals surface area contributed by atoms with E-state index in [0.717, 1.165) is 18.4 Å². The molecule has 120 valence electrons. The van der Waals surface area contributed by atoms with Gasteiger partial charge in [0.1, 0.15) is 9.88 Å². The van der Waals surface area contributed by atoms with Gasteiger partial charge in [0.25, 0.3) is 5.91 Å². The summed E-state index contributed by atoms with van der Waals surface area (Å²) in [5, 5.41) is 3.76. The Morgan fingerprint density at radius 2 is 2.26 bits per heavy atom. The lowest BCUT2D eigenvalue weighted by Gasteiger charge is -2.19. The fraction of sp³-hybridized carbons (Fsp3) is 0.353. The van der Waals surface area contributed by atoms with Crippen LogP contribution in [-0.2, 0) is 0 Å². The first-order chi connectivity index (χ1) is 10.9. The normalized spacial score (nSPS) is 10.8. The number of hydrogen-bond acceptors (Lipinski definition) is 4. The van der Waals surface area contributed by atoms with Gasteiger partial charge in [-0.1, -0.05) is 24.4 Å². The van der Waals surface area contributed by atoms with E-state index in [1.807, 2.05) is 26.0 Å². The average molecular weight is 348 g/mol. The molecule has 0 saturated carbocycles. The highest BCUT2D eigenvalue weighted by molar-refractivity contribution is 7.17. The number of carbonyl (C=O) groups is 1. The van der Waals surface area contributed by atoms with E-state index >= 15 is 0 Å². The van der Waals surface area contributed by atoms with Crippen molar-refractivity contribution in [1.82, 2.24) is 15.3 Å². The van der Waals surface area contributed by atoms with Crippen molar-refractivity contribution in [3.8, 4) is 22.4 Å². The van der Waals surface area contributed by atoms with Gasteiger partial charge in [0.05, 0.1) is 5.54 Å². The molecule has 1 amide bonds. The molecule has 0 spiro atoms. The van der Waals surface area contributed by atoms with Crippen molar-refractivity contribution in [2.45, 2.75) is 39.2 Å². The number of nitrogens with one attached hydrogen (secondary N) is 1. The third kappa shape index (κ3) is 4.78. The molecule has 2 aromatic heterocycles. The van der Waals surface area contributed by atoms with Crippen molar-refractivity contribution in [1.29, 1.82) is 0 Å². The lowest BCUT2D eigenvalue weighted by Crippen LogP contribution is -2.42. The molecule has 0 aromatic carbocycles. The molecule has 4 nitrogen and oxygen atoms in total. The van der Waals surface area contributed by atoms with Crippen LogP contribution in [0.5, 0.6) is 0 Å². The van der Waals surface area contributed by atoms with E-state index in [4.69, 9.17) is 11.6 Å². The Balaban J connectivity index is 2.18. The zero-order chi connectivity index (χ0) is 16.9. The van der Waals surface area contributed by atoms with Crippen LogP contribution in [0.3, 0.4) is 0 Å². The summed E-state index contributed by atoms with van der Waals surface area (Å²) < 4.78 is 0. The SMILES string of the molecule is CCCC#CC(C)(C)NC(=O)c1sc(-c2cccnc2)nc1Cl. The molecule has 0 unspecified atom stereocenters. The minimum absolute atomic E-state index is 0.198. The van der Waals surface area contributed by atoms with Gasteiger partial charge in [-0.3, -0.25) is 9.78 Å². The minimum Gasteiger partial charge on any atom is -0.335 e. The van der Waals surface area contributed by atoms with Gasteiger partial charge in [-0.25, -0.2) is 4.98 Å². The average Bonchev–Trinajstić information content (AvgIpc) is 2.90. The highest BCUT2D eigenvalue weighted by Crippen LogP contribution is 2.30. The van der Waals surface area contributed by atoms with Gasteiger partial charge in [0, 0.05) is 24.4 Å². The Bertz CT molecular complexity index is 744. The third-order valence-corrected chi connectivity index (χ3v) is 4.39. The number of aromatic nitrogens is 2. The van der Waals surface area contributed by atoms with Gasteiger partial charge >= 0.3 is 0 Å². The second-order valence-corrected chi connectivity index (χ2v) is 6.87. The summed E-state index contributed by atoms with van der Waals surface area (Å²) in [4.78, 5) is 21.1. The Morgan fingerprint density at radius 1 is 1.48 bits per heavy atom. The number of rotatable bonds is 4. The molecule has 0 aliphatic heterocycles. The largest absolute Gasteiger partial charge is 0.335 e. The predicted octanol–water partition coefficient (Wildman–Crippen LogP) is 4.17. The van der Waals surface area contributed by atoms with E-state index < -0.39 is 5.54 Å². The molecule has 2 heterocycles. The Morgan fingerprint density at radius 3 is 2.91 bits per heavy atom. The highest BCUT2D eigenvalue weighted by atomic mass is 35.5. The van der Waals surface area contributed by atoms with Gasteiger partial charge in [0.2, 0.25) is 0 Å². The first-order valence-corrected chi connectivity index (χ1v) is 8.51. The highest BCUT2D eigenvalue weighted by Gasteiger charge is 2.23. The molecule has 2 aromatic rings. The van der Waals surface area contributed by atoms with Crippen LogP contribution in [-0.4, -0.2) is 21.4 Å². The fourth-order valence-corrected chi connectivity index (χ4v) is 3.01. The molecule has 2 rings (SSSR count). The summed E-state index contributed by atoms with van der Waals surface area (Å²) in [5.41, 5.74) is 0.217. The summed E-state index contributed by atoms with van der Waals surface area (Å²) in [6.45, 7) is 5.80. The van der Waals surface area contributed by atoms with Crippen LogP contribution in [0.4, 0.5) is 0 Å². The summed E-state index contributed by atoms with van der Waals surface area (Å²) in [6.07, 6.45) is 5.18. The van der Waals surface area contributed by atoms with Gasteiger partial charge in [-0.05, 0) is 32.4 Å². The molecule has 6 heteroatoms. The number of carbonyl (C=O) groups excluding carboxylic acids is 1. The number of halogens is 1. The lowest BCUT2D eigenvalue weighted by atomic mass is 10.1. The number of unbranched alkanes of at least 4 members (excludes halogenated alkanes) is 1. The molecule has 0 fully saturated rings. The molecule has 23 heavy (non-hydrogen) atoms. The first-order valence-electron chi connectivity index (χ1n) is 7.32. The van der Waals surface area contributed by atoms with Crippen LogP contribution >= 0.6 is 22.9 Å². The molecule has 1 N–H and O–H groups in total. The van der Waals surface area contributed by atoms with Crippen molar-refractivity contribution < 1.29 is 4.79 Å². The van der Waals surface area contributed by atoms with Crippen molar-refractivity contribution in [3.05, 3.63) is 34.6 Å². The van der Waals surface area contributed by atoms with E-state index in [9.17, 15) is 4.79 Å². The summed E-state index contributed by atoms with van der Waals surface area (Å²) in [7, 11) is 0. The number of thiazole rings is 1. The third-order valence-electron chi connectivity index (χ3n) is 2.90. The maximum Gasteiger partial charge on any atom is 0.265 e. The van der Waals surface area contributed by atoms with Crippen LogP contribution in [0.2, 0.25) is 5.15 Å². The number of nitrogens with zero attached hydrogens (tertiary/aromatic N) is 2. The second-order valence-electron chi connectivity index (χ2n) is 5.51. The topological polar surface area (TPSA) is 54.9 Å². The van der Waals surface area contributed by atoms with Crippen molar-refractivity contribution >= 4 is 28.8 Å². The fourth-order valence-electron chi connectivity index (χ4n) is 1.83. The summed E-state index contributed by atoms with van der Waals surface area (Å²) in [6, 6.07) is 3.70. The van der Waals surface area contributed by atoms with Crippen LogP contribution in [0.25, 0.3) is 10.6 Å². The molecule has 0 radical (unpaired) electrons. The Labute approximate surface area is 145 Å². The lowest BCUT2D eigenvalue weighted by molar-refractivity contribution is 0.0934. The standard InChI is InChI=1S/C17H18ClN3OS/c1-4-5-6-9-17(2,3)21-15(22)13-14(18)20-16(23-13)12-8-7-10-19-11-12/h7-8,10-11H,4-5H2,1-3H3,(H,21,22). The zero-order valence-electron chi connectivity index (χ0n) is 13.3. The summed E-state index contributed by atoms with van der Waals surface area (Å²) in [5.74, 6) is 5.86. The van der Waals surface area contributed by atoms with Gasteiger partial charge < -0.3 is 5.32 Å². The predicted molar refractivity (Wildman–Crippen MR) is 94.6 cm³/mol. The van der Waals surface area contributed by atoms with E-state index in [2.05, 4.69) is 34.0 Å². The molecule has 0 atom stereocenters. The maximum atomic E-state index is 12.4.